The van der Waals surface area contributed by atoms with Crippen molar-refractivity contribution < 1.29 is 14.6 Å². The van der Waals surface area contributed by atoms with Gasteiger partial charge in [-0.3, -0.25) is 4.79 Å². The fourth-order valence-corrected chi connectivity index (χ4v) is 2.35. The lowest BCUT2D eigenvalue weighted by atomic mass is 9.99. The SMILES string of the molecule is COCC(O)CN(C)C(=O)c1c(C)cc(C)cc1C. The van der Waals surface area contributed by atoms with E-state index in [4.69, 9.17) is 4.74 Å². The summed E-state index contributed by atoms with van der Waals surface area (Å²) in [5, 5.41) is 9.68. The zero-order valence-electron chi connectivity index (χ0n) is 12.4. The van der Waals surface area contributed by atoms with Gasteiger partial charge in [-0.25, -0.2) is 0 Å². The van der Waals surface area contributed by atoms with Gasteiger partial charge in [-0.15, -0.1) is 0 Å². The summed E-state index contributed by atoms with van der Waals surface area (Å²) < 4.78 is 4.87. The van der Waals surface area contributed by atoms with Crippen molar-refractivity contribution in [2.45, 2.75) is 26.9 Å². The molecule has 1 rings (SSSR count). The fourth-order valence-electron chi connectivity index (χ4n) is 2.35. The minimum Gasteiger partial charge on any atom is -0.389 e. The van der Waals surface area contributed by atoms with Crippen LogP contribution in [0.1, 0.15) is 27.0 Å². The fraction of sp³-hybridized carbons (Fsp3) is 0.533. The van der Waals surface area contributed by atoms with Gasteiger partial charge in [-0.2, -0.15) is 0 Å². The molecule has 1 amide bonds. The van der Waals surface area contributed by atoms with Crippen molar-refractivity contribution in [3.05, 3.63) is 34.4 Å². The van der Waals surface area contributed by atoms with E-state index in [9.17, 15) is 9.90 Å². The van der Waals surface area contributed by atoms with E-state index in [1.807, 2.05) is 32.9 Å². The van der Waals surface area contributed by atoms with E-state index in [1.165, 1.54) is 12.0 Å². The molecule has 0 heterocycles. The number of hydrogen-bond acceptors (Lipinski definition) is 3. The van der Waals surface area contributed by atoms with Crippen molar-refractivity contribution in [1.29, 1.82) is 0 Å². The molecule has 0 aliphatic rings. The minimum atomic E-state index is -0.662. The predicted octanol–water partition coefficient (Wildman–Crippen LogP) is 1.69. The van der Waals surface area contributed by atoms with Crippen molar-refractivity contribution in [2.75, 3.05) is 27.3 Å². The van der Waals surface area contributed by atoms with Gasteiger partial charge in [0.1, 0.15) is 0 Å². The molecular formula is C15H23NO3. The van der Waals surface area contributed by atoms with Gasteiger partial charge in [-0.1, -0.05) is 17.7 Å². The third-order valence-electron chi connectivity index (χ3n) is 3.08. The van der Waals surface area contributed by atoms with E-state index < -0.39 is 6.10 Å². The zero-order chi connectivity index (χ0) is 14.6. The van der Waals surface area contributed by atoms with Gasteiger partial charge in [-0.05, 0) is 31.9 Å². The van der Waals surface area contributed by atoms with Crippen LogP contribution < -0.4 is 0 Å². The molecule has 1 aromatic rings. The number of hydrogen-bond donors (Lipinski definition) is 1. The molecule has 0 saturated carbocycles. The Morgan fingerprint density at radius 1 is 1.32 bits per heavy atom. The summed E-state index contributed by atoms with van der Waals surface area (Å²) in [6.45, 7) is 6.38. The average molecular weight is 265 g/mol. The molecule has 0 spiro atoms. The van der Waals surface area contributed by atoms with Crippen LogP contribution >= 0.6 is 0 Å². The third kappa shape index (κ3) is 4.04. The lowest BCUT2D eigenvalue weighted by Crippen LogP contribution is -2.36. The van der Waals surface area contributed by atoms with Gasteiger partial charge in [0, 0.05) is 26.3 Å². The van der Waals surface area contributed by atoms with Gasteiger partial charge in [0.15, 0.2) is 0 Å². The lowest BCUT2D eigenvalue weighted by Gasteiger charge is -2.22. The highest BCUT2D eigenvalue weighted by Crippen LogP contribution is 2.18. The maximum atomic E-state index is 12.4. The number of methoxy groups -OCH3 is 1. The molecule has 19 heavy (non-hydrogen) atoms. The molecule has 0 saturated heterocycles. The van der Waals surface area contributed by atoms with Crippen LogP contribution in [-0.4, -0.2) is 49.3 Å². The van der Waals surface area contributed by atoms with Gasteiger partial charge >= 0.3 is 0 Å². The molecular weight excluding hydrogens is 242 g/mol. The second-order valence-electron chi connectivity index (χ2n) is 5.07. The first kappa shape index (κ1) is 15.7. The number of nitrogens with zero attached hydrogens (tertiary/aromatic N) is 1. The third-order valence-corrected chi connectivity index (χ3v) is 3.08. The van der Waals surface area contributed by atoms with Crippen LogP contribution in [0.3, 0.4) is 0 Å². The normalized spacial score (nSPS) is 12.3. The summed E-state index contributed by atoms with van der Waals surface area (Å²) in [4.78, 5) is 13.9. The van der Waals surface area contributed by atoms with Crippen LogP contribution in [0.4, 0.5) is 0 Å². The smallest absolute Gasteiger partial charge is 0.254 e. The largest absolute Gasteiger partial charge is 0.389 e. The average Bonchev–Trinajstić information content (AvgIpc) is 2.27. The molecule has 0 aromatic heterocycles. The Bertz CT molecular complexity index is 434. The second-order valence-corrected chi connectivity index (χ2v) is 5.07. The van der Waals surface area contributed by atoms with Crippen molar-refractivity contribution in [3.8, 4) is 0 Å². The Hall–Kier alpha value is -1.39. The molecule has 0 radical (unpaired) electrons. The maximum absolute atomic E-state index is 12.4. The first-order chi connectivity index (χ1) is 8.86. The lowest BCUT2D eigenvalue weighted by molar-refractivity contribution is 0.0379. The number of aliphatic hydroxyl groups excluding tert-OH is 1. The van der Waals surface area contributed by atoms with Gasteiger partial charge in [0.2, 0.25) is 0 Å². The van der Waals surface area contributed by atoms with Gasteiger partial charge in [0.25, 0.3) is 5.91 Å². The number of carbonyl (C=O) groups is 1. The quantitative estimate of drug-likeness (QED) is 0.881. The highest BCUT2D eigenvalue weighted by Gasteiger charge is 2.19. The molecule has 1 atom stereocenters. The van der Waals surface area contributed by atoms with Crippen LogP contribution in [0, 0.1) is 20.8 Å². The Labute approximate surface area is 115 Å². The van der Waals surface area contributed by atoms with Gasteiger partial charge < -0.3 is 14.7 Å². The molecule has 1 N–H and O–H groups in total. The summed E-state index contributed by atoms with van der Waals surface area (Å²) in [5.74, 6) is -0.0647. The monoisotopic (exact) mass is 265 g/mol. The summed E-state index contributed by atoms with van der Waals surface area (Å²) in [6.07, 6.45) is -0.662. The predicted molar refractivity (Wildman–Crippen MR) is 75.5 cm³/mol. The second kappa shape index (κ2) is 6.68. The topological polar surface area (TPSA) is 49.8 Å². The van der Waals surface area contributed by atoms with Crippen LogP contribution in [-0.2, 0) is 4.74 Å². The standard InChI is InChI=1S/C15H23NO3/c1-10-6-11(2)14(12(3)7-10)15(18)16(4)8-13(17)9-19-5/h6-7,13,17H,8-9H2,1-5H3. The molecule has 1 aromatic carbocycles. The summed E-state index contributed by atoms with van der Waals surface area (Å²) >= 11 is 0. The van der Waals surface area contributed by atoms with E-state index in [0.29, 0.717) is 0 Å². The summed E-state index contributed by atoms with van der Waals surface area (Å²) in [6, 6.07) is 4.00. The molecule has 106 valence electrons. The number of benzene rings is 1. The highest BCUT2D eigenvalue weighted by molar-refractivity contribution is 5.97. The summed E-state index contributed by atoms with van der Waals surface area (Å²) in [5.41, 5.74) is 3.80. The van der Waals surface area contributed by atoms with E-state index in [-0.39, 0.29) is 19.1 Å². The molecule has 4 nitrogen and oxygen atoms in total. The number of rotatable bonds is 5. The van der Waals surface area contributed by atoms with Crippen molar-refractivity contribution >= 4 is 5.91 Å². The zero-order valence-corrected chi connectivity index (χ0v) is 12.4. The minimum absolute atomic E-state index is 0.0647. The van der Waals surface area contributed by atoms with E-state index in [2.05, 4.69) is 0 Å². The first-order valence-corrected chi connectivity index (χ1v) is 6.37. The van der Waals surface area contributed by atoms with Crippen molar-refractivity contribution in [3.63, 3.8) is 0 Å². The number of aliphatic hydroxyl groups is 1. The Morgan fingerprint density at radius 3 is 2.32 bits per heavy atom. The number of likely N-dealkylation sites (N-methyl/N-ethyl adjacent to an activating group) is 1. The van der Waals surface area contributed by atoms with Crippen molar-refractivity contribution in [1.82, 2.24) is 4.90 Å². The number of aryl methyl sites for hydroxylation is 3. The van der Waals surface area contributed by atoms with Crippen LogP contribution in [0.25, 0.3) is 0 Å². The number of ether oxygens (including phenoxy) is 1. The Morgan fingerprint density at radius 2 is 1.84 bits per heavy atom. The summed E-state index contributed by atoms with van der Waals surface area (Å²) in [7, 11) is 3.22. The Balaban J connectivity index is 2.88. The van der Waals surface area contributed by atoms with E-state index in [0.717, 1.165) is 22.3 Å². The molecule has 0 aliphatic heterocycles. The Kier molecular flexibility index (Phi) is 5.51. The molecule has 0 fully saturated rings. The number of carbonyl (C=O) groups excluding carboxylic acids is 1. The van der Waals surface area contributed by atoms with E-state index >= 15 is 0 Å². The molecule has 0 bridgehead atoms. The molecule has 1 unspecified atom stereocenters. The molecule has 4 heteroatoms. The van der Waals surface area contributed by atoms with Crippen LogP contribution in [0.2, 0.25) is 0 Å². The van der Waals surface area contributed by atoms with Crippen molar-refractivity contribution in [2.24, 2.45) is 0 Å². The molecule has 0 aliphatic carbocycles. The number of amides is 1. The first-order valence-electron chi connectivity index (χ1n) is 6.37. The van der Waals surface area contributed by atoms with Crippen LogP contribution in [0.5, 0.6) is 0 Å². The van der Waals surface area contributed by atoms with Gasteiger partial charge in [0.05, 0.1) is 12.7 Å². The van der Waals surface area contributed by atoms with E-state index in [1.54, 1.807) is 7.05 Å². The highest BCUT2D eigenvalue weighted by atomic mass is 16.5. The van der Waals surface area contributed by atoms with Crippen LogP contribution in [0.15, 0.2) is 12.1 Å². The maximum Gasteiger partial charge on any atom is 0.254 e.